The highest BCUT2D eigenvalue weighted by Crippen LogP contribution is 2.19. The van der Waals surface area contributed by atoms with Crippen LogP contribution in [-0.4, -0.2) is 50.6 Å². The summed E-state index contributed by atoms with van der Waals surface area (Å²) >= 11 is 0. The number of aromatic nitrogens is 3. The monoisotopic (exact) mass is 434 g/mol. The number of nitrogens with zero attached hydrogens (tertiary/aromatic N) is 4. The normalized spacial score (nSPS) is 14.5. The van der Waals surface area contributed by atoms with E-state index in [0.717, 1.165) is 46.8 Å². The van der Waals surface area contributed by atoms with Crippen LogP contribution in [0.25, 0.3) is 5.65 Å². The van der Waals surface area contributed by atoms with E-state index in [0.29, 0.717) is 25.9 Å². The molecule has 4 rings (SSSR count). The number of carbonyl (C=O) groups is 2. The minimum absolute atomic E-state index is 0.0712. The van der Waals surface area contributed by atoms with Crippen molar-refractivity contribution in [3.05, 3.63) is 59.0 Å². The average molecular weight is 435 g/mol. The van der Waals surface area contributed by atoms with Crippen molar-refractivity contribution in [1.82, 2.24) is 24.8 Å². The van der Waals surface area contributed by atoms with Gasteiger partial charge in [0.1, 0.15) is 0 Å². The number of hydrogen-bond donors (Lipinski definition) is 2. The van der Waals surface area contributed by atoms with Crippen LogP contribution in [0.5, 0.6) is 0 Å². The Morgan fingerprint density at radius 2 is 1.81 bits per heavy atom. The SMILES string of the molecule is Cc1cc2nc(C)c(CCC(=O)N3CCC(NC(=O)Nc4ccccc4)CC3)c(C)n2n1. The molecule has 3 amide bonds. The maximum Gasteiger partial charge on any atom is 0.319 e. The van der Waals surface area contributed by atoms with Gasteiger partial charge in [-0.25, -0.2) is 14.3 Å². The Labute approximate surface area is 188 Å². The van der Waals surface area contributed by atoms with Crippen LogP contribution < -0.4 is 10.6 Å². The van der Waals surface area contributed by atoms with E-state index in [4.69, 9.17) is 0 Å². The molecule has 32 heavy (non-hydrogen) atoms. The van der Waals surface area contributed by atoms with Gasteiger partial charge in [0.2, 0.25) is 5.91 Å². The van der Waals surface area contributed by atoms with Crippen LogP contribution in [0.2, 0.25) is 0 Å². The zero-order valence-electron chi connectivity index (χ0n) is 18.9. The number of rotatable bonds is 5. The summed E-state index contributed by atoms with van der Waals surface area (Å²) in [5.74, 6) is 0.146. The number of fused-ring (bicyclic) bond motifs is 1. The number of amides is 3. The lowest BCUT2D eigenvalue weighted by Gasteiger charge is -2.32. The zero-order valence-corrected chi connectivity index (χ0v) is 18.9. The summed E-state index contributed by atoms with van der Waals surface area (Å²) in [6, 6.07) is 11.2. The number of para-hydroxylation sites is 1. The molecule has 1 fully saturated rings. The second-order valence-corrected chi connectivity index (χ2v) is 8.44. The predicted octanol–water partition coefficient (Wildman–Crippen LogP) is 3.40. The third-order valence-corrected chi connectivity index (χ3v) is 6.09. The molecule has 8 heteroatoms. The number of benzene rings is 1. The number of hydrogen-bond acceptors (Lipinski definition) is 4. The number of likely N-dealkylation sites (tertiary alicyclic amines) is 1. The molecule has 0 aliphatic carbocycles. The molecule has 0 saturated carbocycles. The van der Waals surface area contributed by atoms with Crippen molar-refractivity contribution in [2.24, 2.45) is 0 Å². The number of aryl methyl sites for hydroxylation is 3. The molecule has 3 heterocycles. The molecule has 2 N–H and O–H groups in total. The van der Waals surface area contributed by atoms with E-state index in [1.807, 2.05) is 66.6 Å². The molecule has 0 spiro atoms. The summed E-state index contributed by atoms with van der Waals surface area (Å²) < 4.78 is 1.86. The molecule has 1 aliphatic rings. The minimum Gasteiger partial charge on any atom is -0.343 e. The molecule has 0 radical (unpaired) electrons. The largest absolute Gasteiger partial charge is 0.343 e. The lowest BCUT2D eigenvalue weighted by molar-refractivity contribution is -0.132. The summed E-state index contributed by atoms with van der Waals surface area (Å²) in [5.41, 5.74) is 5.63. The van der Waals surface area contributed by atoms with E-state index in [2.05, 4.69) is 20.7 Å². The zero-order chi connectivity index (χ0) is 22.7. The first kappa shape index (κ1) is 21.8. The van der Waals surface area contributed by atoms with Gasteiger partial charge >= 0.3 is 6.03 Å². The standard InChI is InChI=1S/C24H30N6O2/c1-16-15-22-25-17(2)21(18(3)30(22)28-16)9-10-23(31)29-13-11-20(12-14-29)27-24(32)26-19-7-5-4-6-8-19/h4-8,15,20H,9-14H2,1-3H3,(H2,26,27,32). The van der Waals surface area contributed by atoms with Crippen molar-refractivity contribution < 1.29 is 9.59 Å². The molecule has 0 bridgehead atoms. The number of piperidine rings is 1. The van der Waals surface area contributed by atoms with Gasteiger partial charge in [0.15, 0.2) is 5.65 Å². The minimum atomic E-state index is -0.205. The van der Waals surface area contributed by atoms with Gasteiger partial charge in [-0.2, -0.15) is 5.10 Å². The average Bonchev–Trinajstić information content (AvgIpc) is 3.15. The van der Waals surface area contributed by atoms with Crippen molar-refractivity contribution in [3.63, 3.8) is 0 Å². The molecule has 0 atom stereocenters. The van der Waals surface area contributed by atoms with Gasteiger partial charge in [0.05, 0.1) is 5.69 Å². The maximum atomic E-state index is 12.8. The first-order valence-corrected chi connectivity index (χ1v) is 11.1. The molecule has 8 nitrogen and oxygen atoms in total. The number of urea groups is 1. The van der Waals surface area contributed by atoms with Gasteiger partial charge < -0.3 is 15.5 Å². The Balaban J connectivity index is 1.27. The summed E-state index contributed by atoms with van der Waals surface area (Å²) in [6.45, 7) is 7.29. The van der Waals surface area contributed by atoms with Gasteiger partial charge in [-0.05, 0) is 57.7 Å². The summed E-state index contributed by atoms with van der Waals surface area (Å²) in [4.78, 5) is 31.6. The second-order valence-electron chi connectivity index (χ2n) is 8.44. The van der Waals surface area contributed by atoms with Crippen LogP contribution in [0.1, 0.15) is 41.9 Å². The fourth-order valence-electron chi connectivity index (χ4n) is 4.34. The lowest BCUT2D eigenvalue weighted by Crippen LogP contribution is -2.47. The van der Waals surface area contributed by atoms with E-state index >= 15 is 0 Å². The van der Waals surface area contributed by atoms with Gasteiger partial charge in [-0.3, -0.25) is 4.79 Å². The summed E-state index contributed by atoms with van der Waals surface area (Å²) in [5, 5.41) is 10.4. The Kier molecular flexibility index (Phi) is 6.39. The molecular formula is C24H30N6O2. The highest BCUT2D eigenvalue weighted by atomic mass is 16.2. The van der Waals surface area contributed by atoms with Crippen LogP contribution in [0.15, 0.2) is 36.4 Å². The van der Waals surface area contributed by atoms with Gasteiger partial charge in [-0.1, -0.05) is 18.2 Å². The number of nitrogens with one attached hydrogen (secondary N) is 2. The molecule has 3 aromatic rings. The highest BCUT2D eigenvalue weighted by molar-refractivity contribution is 5.89. The molecule has 1 saturated heterocycles. The maximum absolute atomic E-state index is 12.8. The van der Waals surface area contributed by atoms with Gasteiger partial charge in [0, 0.05) is 48.7 Å². The van der Waals surface area contributed by atoms with Crippen molar-refractivity contribution in [2.45, 2.75) is 52.5 Å². The summed E-state index contributed by atoms with van der Waals surface area (Å²) in [7, 11) is 0. The van der Waals surface area contributed by atoms with Crippen LogP contribution in [0.4, 0.5) is 10.5 Å². The second kappa shape index (κ2) is 9.38. The number of carbonyl (C=O) groups excluding carboxylic acids is 2. The van der Waals surface area contributed by atoms with Crippen LogP contribution in [0, 0.1) is 20.8 Å². The molecule has 0 unspecified atom stereocenters. The van der Waals surface area contributed by atoms with E-state index in [1.165, 1.54) is 0 Å². The van der Waals surface area contributed by atoms with Crippen LogP contribution in [0.3, 0.4) is 0 Å². The van der Waals surface area contributed by atoms with E-state index in [9.17, 15) is 9.59 Å². The Hall–Kier alpha value is -3.42. The molecule has 1 aromatic carbocycles. The van der Waals surface area contributed by atoms with Gasteiger partial charge in [-0.15, -0.1) is 0 Å². The van der Waals surface area contributed by atoms with Crippen molar-refractivity contribution in [3.8, 4) is 0 Å². The first-order valence-electron chi connectivity index (χ1n) is 11.1. The topological polar surface area (TPSA) is 91.6 Å². The van der Waals surface area contributed by atoms with Gasteiger partial charge in [0.25, 0.3) is 0 Å². The van der Waals surface area contributed by atoms with Crippen molar-refractivity contribution in [2.75, 3.05) is 18.4 Å². The Morgan fingerprint density at radius 1 is 1.09 bits per heavy atom. The third-order valence-electron chi connectivity index (χ3n) is 6.09. The quantitative estimate of drug-likeness (QED) is 0.644. The molecular weight excluding hydrogens is 404 g/mol. The molecule has 1 aliphatic heterocycles. The Morgan fingerprint density at radius 3 is 2.53 bits per heavy atom. The van der Waals surface area contributed by atoms with E-state index in [1.54, 1.807) is 0 Å². The van der Waals surface area contributed by atoms with Crippen LogP contribution in [-0.2, 0) is 11.2 Å². The van der Waals surface area contributed by atoms with Crippen molar-refractivity contribution >= 4 is 23.3 Å². The van der Waals surface area contributed by atoms with E-state index in [-0.39, 0.29) is 18.0 Å². The fraction of sp³-hybridized carbons (Fsp3) is 0.417. The first-order chi connectivity index (χ1) is 15.4. The lowest BCUT2D eigenvalue weighted by atomic mass is 10.0. The number of anilines is 1. The summed E-state index contributed by atoms with van der Waals surface area (Å²) in [6.07, 6.45) is 2.61. The predicted molar refractivity (Wildman–Crippen MR) is 124 cm³/mol. The van der Waals surface area contributed by atoms with Crippen LogP contribution >= 0.6 is 0 Å². The fourth-order valence-corrected chi connectivity index (χ4v) is 4.34. The van der Waals surface area contributed by atoms with Crippen molar-refractivity contribution in [1.29, 1.82) is 0 Å². The molecule has 168 valence electrons. The smallest absolute Gasteiger partial charge is 0.319 e. The highest BCUT2D eigenvalue weighted by Gasteiger charge is 2.24. The van der Waals surface area contributed by atoms with E-state index < -0.39 is 0 Å². The molecule has 2 aromatic heterocycles. The third kappa shape index (κ3) is 4.90. The Bertz CT molecular complexity index is 1120.